The van der Waals surface area contributed by atoms with Gasteiger partial charge in [-0.2, -0.15) is 18.3 Å². The third-order valence-electron chi connectivity index (χ3n) is 3.55. The van der Waals surface area contributed by atoms with E-state index in [1.54, 1.807) is 24.3 Å². The van der Waals surface area contributed by atoms with E-state index < -0.39 is 21.9 Å². The van der Waals surface area contributed by atoms with Gasteiger partial charge in [-0.15, -0.1) is 0 Å². The molecule has 2 aromatic carbocycles. The zero-order valence-electron chi connectivity index (χ0n) is 13.8. The third-order valence-corrected chi connectivity index (χ3v) is 4.41. The van der Waals surface area contributed by atoms with Crippen LogP contribution in [0.4, 0.5) is 18.9 Å². The monoisotopic (exact) mass is 415 g/mol. The minimum atomic E-state index is -4.61. The second-order valence-corrected chi connectivity index (χ2v) is 7.94. The molecule has 1 N–H and O–H groups in total. The van der Waals surface area contributed by atoms with Crippen molar-refractivity contribution >= 4 is 27.3 Å². The van der Waals surface area contributed by atoms with Crippen molar-refractivity contribution in [3.05, 3.63) is 65.3 Å². The molecular formula is C17H13ClF3N3O2S. The summed E-state index contributed by atoms with van der Waals surface area (Å²) in [6.45, 7) is 0. The first-order chi connectivity index (χ1) is 12.5. The van der Waals surface area contributed by atoms with E-state index >= 15 is 0 Å². The van der Waals surface area contributed by atoms with Crippen molar-refractivity contribution in [2.75, 3.05) is 11.0 Å². The minimum Gasteiger partial charge on any atom is -0.284 e. The van der Waals surface area contributed by atoms with Crippen molar-refractivity contribution in [1.82, 2.24) is 9.78 Å². The van der Waals surface area contributed by atoms with Gasteiger partial charge in [-0.25, -0.2) is 13.1 Å². The summed E-state index contributed by atoms with van der Waals surface area (Å²) in [5, 5.41) is 4.13. The Bertz CT molecular complexity index is 1060. The summed E-state index contributed by atoms with van der Waals surface area (Å²) >= 11 is 5.85. The Kier molecular flexibility index (Phi) is 4.92. The predicted octanol–water partition coefficient (Wildman–Crippen LogP) is 4.58. The molecule has 27 heavy (non-hydrogen) atoms. The van der Waals surface area contributed by atoms with E-state index in [1.165, 1.54) is 24.3 Å². The molecule has 0 fully saturated rings. The average molecular weight is 416 g/mol. The molecule has 0 aliphatic heterocycles. The average Bonchev–Trinajstić information content (AvgIpc) is 3.00. The number of anilines is 1. The molecule has 0 radical (unpaired) electrons. The lowest BCUT2D eigenvalue weighted by atomic mass is 10.1. The molecule has 0 saturated carbocycles. The van der Waals surface area contributed by atoms with Gasteiger partial charge in [0.25, 0.3) is 0 Å². The van der Waals surface area contributed by atoms with Crippen molar-refractivity contribution < 1.29 is 21.6 Å². The van der Waals surface area contributed by atoms with Crippen LogP contribution in [0.25, 0.3) is 16.9 Å². The SMILES string of the molecule is CS(=O)(=O)Nc1ccc(-n2nc(C(F)(F)F)cc2-c2ccc(Cl)cc2)cc1. The zero-order valence-corrected chi connectivity index (χ0v) is 15.4. The maximum Gasteiger partial charge on any atom is 0.435 e. The molecule has 142 valence electrons. The molecule has 0 spiro atoms. The number of hydrogen-bond donors (Lipinski definition) is 1. The van der Waals surface area contributed by atoms with Crippen molar-refractivity contribution in [2.24, 2.45) is 0 Å². The fraction of sp³-hybridized carbons (Fsp3) is 0.118. The number of rotatable bonds is 4. The van der Waals surface area contributed by atoms with Crippen LogP contribution >= 0.6 is 11.6 Å². The van der Waals surface area contributed by atoms with E-state index in [1.807, 2.05) is 0 Å². The van der Waals surface area contributed by atoms with Crippen LogP contribution in [0.5, 0.6) is 0 Å². The number of nitrogens with one attached hydrogen (secondary N) is 1. The first kappa shape index (κ1) is 19.2. The smallest absolute Gasteiger partial charge is 0.284 e. The summed E-state index contributed by atoms with van der Waals surface area (Å²) in [6, 6.07) is 13.1. The lowest BCUT2D eigenvalue weighted by Crippen LogP contribution is -2.10. The van der Waals surface area contributed by atoms with Crippen LogP contribution in [0, 0.1) is 0 Å². The van der Waals surface area contributed by atoms with Crippen molar-refractivity contribution in [1.29, 1.82) is 0 Å². The number of benzene rings is 2. The van der Waals surface area contributed by atoms with Crippen molar-refractivity contribution in [3.63, 3.8) is 0 Å². The standard InChI is InChI=1S/C17H13ClF3N3O2S/c1-27(25,26)23-13-6-8-14(9-7-13)24-15(10-16(22-24)17(19,20)21)11-2-4-12(18)5-3-11/h2-10,23H,1H3. The van der Waals surface area contributed by atoms with Gasteiger partial charge in [0, 0.05) is 16.3 Å². The first-order valence-corrected chi connectivity index (χ1v) is 9.81. The molecule has 1 aromatic heterocycles. The fourth-order valence-electron chi connectivity index (χ4n) is 2.43. The lowest BCUT2D eigenvalue weighted by molar-refractivity contribution is -0.141. The lowest BCUT2D eigenvalue weighted by Gasteiger charge is -2.09. The number of hydrogen-bond acceptors (Lipinski definition) is 3. The maximum absolute atomic E-state index is 13.2. The number of nitrogens with zero attached hydrogens (tertiary/aromatic N) is 2. The normalized spacial score (nSPS) is 12.2. The van der Waals surface area contributed by atoms with Crippen molar-refractivity contribution in [3.8, 4) is 16.9 Å². The van der Waals surface area contributed by atoms with Gasteiger partial charge in [0.05, 0.1) is 17.6 Å². The van der Waals surface area contributed by atoms with E-state index in [2.05, 4.69) is 9.82 Å². The van der Waals surface area contributed by atoms with E-state index in [-0.39, 0.29) is 11.4 Å². The van der Waals surface area contributed by atoms with Crippen LogP contribution in [0.2, 0.25) is 5.02 Å². The molecule has 3 aromatic rings. The topological polar surface area (TPSA) is 64.0 Å². The molecule has 0 unspecified atom stereocenters. The van der Waals surface area contributed by atoms with Gasteiger partial charge in [0.1, 0.15) is 0 Å². The fourth-order valence-corrected chi connectivity index (χ4v) is 3.12. The van der Waals surface area contributed by atoms with Crippen LogP contribution in [-0.4, -0.2) is 24.5 Å². The molecule has 0 saturated heterocycles. The Labute approximate surface area is 158 Å². The van der Waals surface area contributed by atoms with Crippen LogP contribution in [0.15, 0.2) is 54.6 Å². The predicted molar refractivity (Wildman–Crippen MR) is 97.5 cm³/mol. The molecule has 5 nitrogen and oxygen atoms in total. The Morgan fingerprint density at radius 3 is 2.15 bits per heavy atom. The van der Waals surface area contributed by atoms with Gasteiger partial charge in [-0.1, -0.05) is 23.7 Å². The molecule has 3 rings (SSSR count). The highest BCUT2D eigenvalue weighted by atomic mass is 35.5. The highest BCUT2D eigenvalue weighted by Gasteiger charge is 2.35. The van der Waals surface area contributed by atoms with Gasteiger partial charge in [0.15, 0.2) is 5.69 Å². The van der Waals surface area contributed by atoms with Crippen LogP contribution in [0.1, 0.15) is 5.69 Å². The van der Waals surface area contributed by atoms with Gasteiger partial charge >= 0.3 is 6.18 Å². The summed E-state index contributed by atoms with van der Waals surface area (Å²) in [5.74, 6) is 0. The van der Waals surface area contributed by atoms with Gasteiger partial charge in [-0.3, -0.25) is 4.72 Å². The summed E-state index contributed by atoms with van der Waals surface area (Å²) in [7, 11) is -3.46. The molecule has 0 bridgehead atoms. The molecule has 1 heterocycles. The maximum atomic E-state index is 13.2. The molecule has 0 amide bonds. The number of sulfonamides is 1. The number of aromatic nitrogens is 2. The number of halogens is 4. The molecule has 0 aliphatic rings. The Balaban J connectivity index is 2.08. The van der Waals surface area contributed by atoms with E-state index in [0.717, 1.165) is 17.0 Å². The summed E-state index contributed by atoms with van der Waals surface area (Å²) in [5.41, 5.74) is 0.321. The van der Waals surface area contributed by atoms with E-state index in [4.69, 9.17) is 11.6 Å². The summed E-state index contributed by atoms with van der Waals surface area (Å²) in [4.78, 5) is 0. The highest BCUT2D eigenvalue weighted by Crippen LogP contribution is 2.33. The van der Waals surface area contributed by atoms with E-state index in [0.29, 0.717) is 16.3 Å². The third kappa shape index (κ3) is 4.61. The molecule has 10 heteroatoms. The molecule has 0 aliphatic carbocycles. The largest absolute Gasteiger partial charge is 0.435 e. The second kappa shape index (κ2) is 6.90. The quantitative estimate of drug-likeness (QED) is 0.678. The first-order valence-electron chi connectivity index (χ1n) is 7.54. The van der Waals surface area contributed by atoms with Crippen LogP contribution < -0.4 is 4.72 Å². The van der Waals surface area contributed by atoms with Gasteiger partial charge in [0.2, 0.25) is 10.0 Å². The van der Waals surface area contributed by atoms with Crippen LogP contribution in [0.3, 0.4) is 0 Å². The molecule has 0 atom stereocenters. The van der Waals surface area contributed by atoms with Gasteiger partial charge in [-0.05, 0) is 42.5 Å². The number of alkyl halides is 3. The Morgan fingerprint density at radius 1 is 1.04 bits per heavy atom. The zero-order chi connectivity index (χ0) is 19.8. The highest BCUT2D eigenvalue weighted by molar-refractivity contribution is 7.92. The van der Waals surface area contributed by atoms with E-state index in [9.17, 15) is 21.6 Å². The van der Waals surface area contributed by atoms with Crippen LogP contribution in [-0.2, 0) is 16.2 Å². The van der Waals surface area contributed by atoms with Gasteiger partial charge < -0.3 is 0 Å². The summed E-state index contributed by atoms with van der Waals surface area (Å²) < 4.78 is 65.4. The second-order valence-electron chi connectivity index (χ2n) is 5.75. The Morgan fingerprint density at radius 2 is 1.63 bits per heavy atom. The summed E-state index contributed by atoms with van der Waals surface area (Å²) in [6.07, 6.45) is -3.60. The molecular weight excluding hydrogens is 403 g/mol. The van der Waals surface area contributed by atoms with Crippen molar-refractivity contribution in [2.45, 2.75) is 6.18 Å². The minimum absolute atomic E-state index is 0.225. The Hall–Kier alpha value is -2.52.